The van der Waals surface area contributed by atoms with Crippen LogP contribution >= 0.6 is 0 Å². The molecule has 1 N–H and O–H groups in total. The predicted octanol–water partition coefficient (Wildman–Crippen LogP) is 3.62. The Morgan fingerprint density at radius 1 is 0.950 bits per heavy atom. The van der Waals surface area contributed by atoms with E-state index in [0.717, 1.165) is 32.2 Å². The first kappa shape index (κ1) is 17.2. The van der Waals surface area contributed by atoms with Gasteiger partial charge in [0, 0.05) is 6.42 Å². The van der Waals surface area contributed by atoms with Crippen molar-refractivity contribution in [1.29, 1.82) is 0 Å². The second-order valence-electron chi connectivity index (χ2n) is 5.73. The fraction of sp³-hybridized carbons (Fsp3) is 0.875. The van der Waals surface area contributed by atoms with E-state index in [2.05, 4.69) is 17.0 Å². The molecule has 20 heavy (non-hydrogen) atoms. The second kappa shape index (κ2) is 10.8. The zero-order valence-electron chi connectivity index (χ0n) is 12.9. The van der Waals surface area contributed by atoms with Crippen LogP contribution in [-0.2, 0) is 4.79 Å². The highest BCUT2D eigenvalue weighted by Gasteiger charge is 2.12. The van der Waals surface area contributed by atoms with Gasteiger partial charge in [-0.25, -0.2) is 0 Å². The lowest BCUT2D eigenvalue weighted by atomic mass is 10.0. The highest BCUT2D eigenvalue weighted by molar-refractivity contribution is 6.39. The SMILES string of the molecule is CCN1CCCCCCC(=O)C(=NO)CCCCCC1. The van der Waals surface area contributed by atoms with Gasteiger partial charge in [0.15, 0.2) is 5.78 Å². The van der Waals surface area contributed by atoms with Crippen LogP contribution in [0, 0.1) is 0 Å². The maximum absolute atomic E-state index is 11.9. The Morgan fingerprint density at radius 3 is 2.05 bits per heavy atom. The predicted molar refractivity (Wildman–Crippen MR) is 82.5 cm³/mol. The van der Waals surface area contributed by atoms with Crippen molar-refractivity contribution in [2.45, 2.75) is 71.1 Å². The summed E-state index contributed by atoms with van der Waals surface area (Å²) < 4.78 is 0. The molecule has 4 heteroatoms. The monoisotopic (exact) mass is 282 g/mol. The summed E-state index contributed by atoms with van der Waals surface area (Å²) in [6, 6.07) is 0. The van der Waals surface area contributed by atoms with Crippen LogP contribution in [-0.4, -0.2) is 41.2 Å². The Labute approximate surface area is 123 Å². The number of oxime groups is 1. The van der Waals surface area contributed by atoms with E-state index in [1.807, 2.05) is 0 Å². The van der Waals surface area contributed by atoms with Gasteiger partial charge in [-0.05, 0) is 51.7 Å². The number of hydrogen-bond donors (Lipinski definition) is 1. The lowest BCUT2D eigenvalue weighted by Gasteiger charge is -2.20. The average molecular weight is 282 g/mol. The zero-order chi connectivity index (χ0) is 14.6. The van der Waals surface area contributed by atoms with Crippen LogP contribution < -0.4 is 0 Å². The van der Waals surface area contributed by atoms with Crippen LogP contribution in [0.4, 0.5) is 0 Å². The fourth-order valence-electron chi connectivity index (χ4n) is 2.77. The van der Waals surface area contributed by atoms with Crippen molar-refractivity contribution in [2.24, 2.45) is 5.16 Å². The van der Waals surface area contributed by atoms with E-state index in [0.29, 0.717) is 18.6 Å². The minimum atomic E-state index is 0.0394. The van der Waals surface area contributed by atoms with E-state index in [1.165, 1.54) is 38.8 Å². The molecular weight excluding hydrogens is 252 g/mol. The molecule has 1 rings (SSSR count). The lowest BCUT2D eigenvalue weighted by molar-refractivity contribution is -0.113. The minimum absolute atomic E-state index is 0.0394. The highest BCUT2D eigenvalue weighted by Crippen LogP contribution is 2.11. The summed E-state index contributed by atoms with van der Waals surface area (Å²) >= 11 is 0. The molecule has 0 aromatic carbocycles. The largest absolute Gasteiger partial charge is 0.411 e. The van der Waals surface area contributed by atoms with Gasteiger partial charge in [-0.3, -0.25) is 4.79 Å². The van der Waals surface area contributed by atoms with Gasteiger partial charge < -0.3 is 10.1 Å². The smallest absolute Gasteiger partial charge is 0.180 e. The van der Waals surface area contributed by atoms with E-state index in [1.54, 1.807) is 0 Å². The third-order valence-electron chi connectivity index (χ3n) is 4.16. The average Bonchev–Trinajstić information content (AvgIpc) is 2.47. The van der Waals surface area contributed by atoms with Crippen molar-refractivity contribution in [1.82, 2.24) is 4.90 Å². The van der Waals surface area contributed by atoms with Crippen LogP contribution in [0.25, 0.3) is 0 Å². The maximum atomic E-state index is 11.9. The quantitative estimate of drug-likeness (QED) is 0.590. The number of carbonyl (C=O) groups is 1. The number of rotatable bonds is 1. The van der Waals surface area contributed by atoms with Crippen molar-refractivity contribution in [3.8, 4) is 0 Å². The van der Waals surface area contributed by atoms with Crippen molar-refractivity contribution < 1.29 is 10.0 Å². The van der Waals surface area contributed by atoms with Gasteiger partial charge in [-0.15, -0.1) is 0 Å². The molecule has 0 aromatic heterocycles. The standard InChI is InChI=1S/C16H30N2O2/c1-2-18-13-9-5-3-7-11-15(17-20)16(19)12-8-4-6-10-14-18/h20H,2-14H2,1H3. The molecule has 0 atom stereocenters. The van der Waals surface area contributed by atoms with E-state index < -0.39 is 0 Å². The molecule has 4 nitrogen and oxygen atoms in total. The van der Waals surface area contributed by atoms with E-state index in [-0.39, 0.29) is 5.78 Å². The molecule has 0 saturated carbocycles. The summed E-state index contributed by atoms with van der Waals surface area (Å²) in [6.45, 7) is 5.75. The first-order chi connectivity index (χ1) is 9.77. The molecule has 1 heterocycles. The van der Waals surface area contributed by atoms with E-state index in [9.17, 15) is 4.79 Å². The van der Waals surface area contributed by atoms with Gasteiger partial charge in [-0.1, -0.05) is 37.8 Å². The summed E-state index contributed by atoms with van der Waals surface area (Å²) in [5.74, 6) is 0.0394. The van der Waals surface area contributed by atoms with Crippen LogP contribution in [0.2, 0.25) is 0 Å². The fourth-order valence-corrected chi connectivity index (χ4v) is 2.77. The van der Waals surface area contributed by atoms with Gasteiger partial charge in [0.1, 0.15) is 5.71 Å². The number of nitrogens with zero attached hydrogens (tertiary/aromatic N) is 2. The first-order valence-electron chi connectivity index (χ1n) is 8.24. The molecule has 1 aliphatic heterocycles. The third-order valence-corrected chi connectivity index (χ3v) is 4.16. The third kappa shape index (κ3) is 7.04. The van der Waals surface area contributed by atoms with Crippen LogP contribution in [0.1, 0.15) is 71.1 Å². The normalized spacial score (nSPS) is 24.2. The molecule has 0 aliphatic carbocycles. The Bertz CT molecular complexity index is 303. The van der Waals surface area contributed by atoms with E-state index in [4.69, 9.17) is 5.21 Å². The summed E-state index contributed by atoms with van der Waals surface area (Å²) in [6.07, 6.45) is 10.1. The van der Waals surface area contributed by atoms with Crippen LogP contribution in [0.15, 0.2) is 5.16 Å². The van der Waals surface area contributed by atoms with Gasteiger partial charge in [-0.2, -0.15) is 0 Å². The van der Waals surface area contributed by atoms with E-state index >= 15 is 0 Å². The zero-order valence-corrected chi connectivity index (χ0v) is 12.9. The number of Topliss-reactive ketones (excluding diaryl/α,β-unsaturated/α-hetero) is 1. The molecule has 0 bridgehead atoms. The molecule has 0 radical (unpaired) electrons. The number of hydrogen-bond acceptors (Lipinski definition) is 4. The Kier molecular flexibility index (Phi) is 9.29. The van der Waals surface area contributed by atoms with Gasteiger partial charge in [0.25, 0.3) is 0 Å². The van der Waals surface area contributed by atoms with Gasteiger partial charge in [0.05, 0.1) is 0 Å². The molecule has 1 fully saturated rings. The summed E-state index contributed by atoms with van der Waals surface area (Å²) in [7, 11) is 0. The molecule has 0 spiro atoms. The Balaban J connectivity index is 2.43. The Morgan fingerprint density at radius 2 is 1.50 bits per heavy atom. The van der Waals surface area contributed by atoms with Gasteiger partial charge in [0.2, 0.25) is 0 Å². The summed E-state index contributed by atoms with van der Waals surface area (Å²) in [4.78, 5) is 14.4. The molecule has 1 aliphatic rings. The Hall–Kier alpha value is -0.900. The molecule has 0 amide bonds. The number of ketones is 1. The van der Waals surface area contributed by atoms with Crippen LogP contribution in [0.5, 0.6) is 0 Å². The molecule has 1 saturated heterocycles. The summed E-state index contributed by atoms with van der Waals surface area (Å²) in [5, 5.41) is 12.1. The molecule has 0 unspecified atom stereocenters. The molecular formula is C16H30N2O2. The van der Waals surface area contributed by atoms with Crippen molar-refractivity contribution in [3.63, 3.8) is 0 Å². The highest BCUT2D eigenvalue weighted by atomic mass is 16.4. The lowest BCUT2D eigenvalue weighted by Crippen LogP contribution is -2.25. The van der Waals surface area contributed by atoms with Crippen molar-refractivity contribution in [3.05, 3.63) is 0 Å². The minimum Gasteiger partial charge on any atom is -0.411 e. The van der Waals surface area contributed by atoms with Crippen LogP contribution in [0.3, 0.4) is 0 Å². The first-order valence-corrected chi connectivity index (χ1v) is 8.24. The van der Waals surface area contributed by atoms with Crippen molar-refractivity contribution >= 4 is 11.5 Å². The maximum Gasteiger partial charge on any atom is 0.180 e. The van der Waals surface area contributed by atoms with Gasteiger partial charge >= 0.3 is 0 Å². The molecule has 116 valence electrons. The molecule has 0 aromatic rings. The second-order valence-corrected chi connectivity index (χ2v) is 5.73. The number of carbonyl (C=O) groups excluding carboxylic acids is 1. The summed E-state index contributed by atoms with van der Waals surface area (Å²) in [5.41, 5.74) is 0.384. The van der Waals surface area contributed by atoms with Crippen molar-refractivity contribution in [2.75, 3.05) is 19.6 Å². The topological polar surface area (TPSA) is 52.9 Å².